The first-order valence-corrected chi connectivity index (χ1v) is 8.47. The van der Waals surface area contributed by atoms with Gasteiger partial charge in [0.1, 0.15) is 6.54 Å². The summed E-state index contributed by atoms with van der Waals surface area (Å²) < 4.78 is 5.73. The molecule has 1 heterocycles. The molecular formula is C16H32N4O2. The van der Waals surface area contributed by atoms with Crippen LogP contribution in [0.25, 0.3) is 0 Å². The largest absolute Gasteiger partial charge is 0.378 e. The maximum atomic E-state index is 11.6. The Balaban J connectivity index is 2.35. The fraction of sp³-hybridized carbons (Fsp3) is 0.875. The maximum absolute atomic E-state index is 11.6. The van der Waals surface area contributed by atoms with Gasteiger partial charge in [-0.05, 0) is 32.1 Å². The molecule has 2 N–H and O–H groups in total. The predicted octanol–water partition coefficient (Wildman–Crippen LogP) is 1.37. The molecule has 1 atom stereocenters. The number of rotatable bonds is 8. The monoisotopic (exact) mass is 312 g/mol. The minimum absolute atomic E-state index is 0.00667. The molecule has 1 rings (SSSR count). The van der Waals surface area contributed by atoms with Crippen molar-refractivity contribution in [3.05, 3.63) is 0 Å². The van der Waals surface area contributed by atoms with Crippen LogP contribution >= 0.6 is 0 Å². The van der Waals surface area contributed by atoms with Gasteiger partial charge in [0.25, 0.3) is 0 Å². The lowest BCUT2D eigenvalue weighted by molar-refractivity contribution is -0.127. The Kier molecular flexibility index (Phi) is 9.62. The lowest BCUT2D eigenvalue weighted by Gasteiger charge is -2.23. The molecule has 1 saturated heterocycles. The molecule has 6 heteroatoms. The van der Waals surface area contributed by atoms with Crippen molar-refractivity contribution in [2.24, 2.45) is 4.99 Å². The first-order chi connectivity index (χ1) is 10.6. The van der Waals surface area contributed by atoms with Gasteiger partial charge in [-0.2, -0.15) is 0 Å². The van der Waals surface area contributed by atoms with Gasteiger partial charge in [0.2, 0.25) is 5.91 Å². The first-order valence-electron chi connectivity index (χ1n) is 8.47. The molecular weight excluding hydrogens is 280 g/mol. The van der Waals surface area contributed by atoms with E-state index in [1.54, 1.807) is 19.0 Å². The Morgan fingerprint density at radius 1 is 1.27 bits per heavy atom. The average molecular weight is 312 g/mol. The van der Waals surface area contributed by atoms with Gasteiger partial charge >= 0.3 is 0 Å². The van der Waals surface area contributed by atoms with Crippen molar-refractivity contribution in [2.45, 2.75) is 51.6 Å². The van der Waals surface area contributed by atoms with E-state index in [1.807, 2.05) is 0 Å². The fourth-order valence-corrected chi connectivity index (χ4v) is 2.23. The van der Waals surface area contributed by atoms with Crippen LogP contribution < -0.4 is 10.6 Å². The molecule has 1 amide bonds. The molecule has 1 aliphatic heterocycles. The van der Waals surface area contributed by atoms with Crippen LogP contribution in [-0.2, 0) is 9.53 Å². The number of amides is 1. The van der Waals surface area contributed by atoms with Gasteiger partial charge in [0.05, 0.1) is 6.10 Å². The number of nitrogens with one attached hydrogen (secondary N) is 2. The van der Waals surface area contributed by atoms with E-state index in [4.69, 9.17) is 4.74 Å². The van der Waals surface area contributed by atoms with Gasteiger partial charge in [-0.3, -0.25) is 4.79 Å². The van der Waals surface area contributed by atoms with Crippen molar-refractivity contribution in [2.75, 3.05) is 40.3 Å². The van der Waals surface area contributed by atoms with Crippen LogP contribution in [-0.4, -0.2) is 63.2 Å². The highest BCUT2D eigenvalue weighted by Gasteiger charge is 2.13. The number of hydrogen-bond acceptors (Lipinski definition) is 3. The highest BCUT2D eigenvalue weighted by molar-refractivity contribution is 5.84. The van der Waals surface area contributed by atoms with Crippen LogP contribution in [0.4, 0.5) is 0 Å². The normalized spacial score (nSPS) is 18.9. The van der Waals surface area contributed by atoms with Crippen molar-refractivity contribution in [3.63, 3.8) is 0 Å². The molecule has 6 nitrogen and oxygen atoms in total. The summed E-state index contributed by atoms with van der Waals surface area (Å²) in [5.41, 5.74) is 0. The summed E-state index contributed by atoms with van der Waals surface area (Å²) in [5.74, 6) is 0.728. The summed E-state index contributed by atoms with van der Waals surface area (Å²) in [5, 5.41) is 6.59. The van der Waals surface area contributed by atoms with Gasteiger partial charge in [-0.1, -0.05) is 13.3 Å². The number of aliphatic imine (C=N–C) groups is 1. The van der Waals surface area contributed by atoms with Crippen LogP contribution in [0.5, 0.6) is 0 Å². The second-order valence-electron chi connectivity index (χ2n) is 5.94. The Bertz CT molecular complexity index is 339. The molecule has 1 aliphatic rings. The number of carbonyl (C=O) groups is 1. The van der Waals surface area contributed by atoms with Crippen LogP contribution in [0, 0.1) is 0 Å². The van der Waals surface area contributed by atoms with E-state index in [2.05, 4.69) is 22.5 Å². The third-order valence-electron chi connectivity index (χ3n) is 3.73. The number of unbranched alkanes of at least 4 members (excludes halogenated alkanes) is 1. The number of hydrogen-bond donors (Lipinski definition) is 2. The van der Waals surface area contributed by atoms with Crippen LogP contribution in [0.15, 0.2) is 4.99 Å². The molecule has 1 unspecified atom stereocenters. The molecule has 128 valence electrons. The Labute approximate surface area is 134 Å². The van der Waals surface area contributed by atoms with Gasteiger partial charge in [0.15, 0.2) is 5.96 Å². The quantitative estimate of drug-likeness (QED) is 0.404. The topological polar surface area (TPSA) is 66.0 Å². The van der Waals surface area contributed by atoms with Gasteiger partial charge in [-0.15, -0.1) is 0 Å². The molecule has 22 heavy (non-hydrogen) atoms. The zero-order valence-electron chi connectivity index (χ0n) is 14.4. The number of ether oxygens (including phenoxy) is 1. The summed E-state index contributed by atoms with van der Waals surface area (Å²) >= 11 is 0. The van der Waals surface area contributed by atoms with Crippen molar-refractivity contribution >= 4 is 11.9 Å². The minimum Gasteiger partial charge on any atom is -0.378 e. The zero-order valence-corrected chi connectivity index (χ0v) is 14.4. The van der Waals surface area contributed by atoms with Crippen LogP contribution in [0.2, 0.25) is 0 Å². The Morgan fingerprint density at radius 2 is 2.05 bits per heavy atom. The number of guanidine groups is 1. The van der Waals surface area contributed by atoms with E-state index in [1.165, 1.54) is 12.8 Å². The predicted molar refractivity (Wildman–Crippen MR) is 90.1 cm³/mol. The van der Waals surface area contributed by atoms with Crippen molar-refractivity contribution in [1.29, 1.82) is 0 Å². The van der Waals surface area contributed by atoms with Gasteiger partial charge in [0, 0.05) is 33.8 Å². The smallest absolute Gasteiger partial charge is 0.243 e. The summed E-state index contributed by atoms with van der Waals surface area (Å²) in [7, 11) is 3.49. The SMILES string of the molecule is CCCCNC(=NCC(=O)N(C)C)NCCC1CCCCO1. The lowest BCUT2D eigenvalue weighted by Crippen LogP contribution is -2.40. The molecule has 0 aromatic heterocycles. The average Bonchev–Trinajstić information content (AvgIpc) is 2.52. The van der Waals surface area contributed by atoms with Crippen LogP contribution in [0.1, 0.15) is 45.4 Å². The molecule has 0 aromatic carbocycles. The highest BCUT2D eigenvalue weighted by atomic mass is 16.5. The van der Waals surface area contributed by atoms with Crippen molar-refractivity contribution < 1.29 is 9.53 Å². The molecule has 0 aliphatic carbocycles. The molecule has 1 fully saturated rings. The van der Waals surface area contributed by atoms with Gasteiger partial charge in [-0.25, -0.2) is 4.99 Å². The third-order valence-corrected chi connectivity index (χ3v) is 3.73. The second-order valence-corrected chi connectivity index (χ2v) is 5.94. The molecule has 0 aromatic rings. The summed E-state index contributed by atoms with van der Waals surface area (Å²) in [6.45, 7) is 4.91. The number of carbonyl (C=O) groups excluding carboxylic acids is 1. The number of nitrogens with zero attached hydrogens (tertiary/aromatic N) is 2. The van der Waals surface area contributed by atoms with E-state index in [0.29, 0.717) is 6.10 Å². The Morgan fingerprint density at radius 3 is 2.68 bits per heavy atom. The second kappa shape index (κ2) is 11.3. The summed E-state index contributed by atoms with van der Waals surface area (Å²) in [4.78, 5) is 17.6. The van der Waals surface area contributed by atoms with Crippen LogP contribution in [0.3, 0.4) is 0 Å². The van der Waals surface area contributed by atoms with Crippen molar-refractivity contribution in [1.82, 2.24) is 15.5 Å². The van der Waals surface area contributed by atoms with Gasteiger partial charge < -0.3 is 20.3 Å². The van der Waals surface area contributed by atoms with Crippen molar-refractivity contribution in [3.8, 4) is 0 Å². The highest BCUT2D eigenvalue weighted by Crippen LogP contribution is 2.14. The zero-order chi connectivity index (χ0) is 16.2. The Hall–Kier alpha value is -1.30. The van der Waals surface area contributed by atoms with E-state index in [-0.39, 0.29) is 12.5 Å². The minimum atomic E-state index is 0.00667. The molecule has 0 saturated carbocycles. The van der Waals surface area contributed by atoms with E-state index in [9.17, 15) is 4.79 Å². The number of likely N-dealkylation sites (N-methyl/N-ethyl adjacent to an activating group) is 1. The standard InChI is InChI=1S/C16H32N4O2/c1-4-5-10-17-16(19-13-15(21)20(2)3)18-11-9-14-8-6-7-12-22-14/h14H,4-13H2,1-3H3,(H2,17,18,19). The summed E-state index contributed by atoms with van der Waals surface area (Å²) in [6, 6.07) is 0. The maximum Gasteiger partial charge on any atom is 0.243 e. The van der Waals surface area contributed by atoms with E-state index in [0.717, 1.165) is 51.3 Å². The van der Waals surface area contributed by atoms with E-state index < -0.39 is 0 Å². The summed E-state index contributed by atoms with van der Waals surface area (Å²) in [6.07, 6.45) is 7.16. The molecule has 0 spiro atoms. The molecule has 0 bridgehead atoms. The fourth-order valence-electron chi connectivity index (χ4n) is 2.23. The van der Waals surface area contributed by atoms with E-state index >= 15 is 0 Å². The first kappa shape index (κ1) is 18.7. The molecule has 0 radical (unpaired) electrons. The third kappa shape index (κ3) is 8.22. The lowest BCUT2D eigenvalue weighted by atomic mass is 10.1.